The molecule has 3 aromatic carbocycles. The summed E-state index contributed by atoms with van der Waals surface area (Å²) in [6, 6.07) is 21.2. The summed E-state index contributed by atoms with van der Waals surface area (Å²) in [5, 5.41) is 10.4. The molecule has 5 nitrogen and oxygen atoms in total. The summed E-state index contributed by atoms with van der Waals surface area (Å²) in [6.45, 7) is -0.0867. The molecule has 30 heavy (non-hydrogen) atoms. The molecule has 0 aliphatic carbocycles. The molecule has 0 unspecified atom stereocenters. The van der Waals surface area contributed by atoms with Crippen molar-refractivity contribution in [3.05, 3.63) is 83.0 Å². The van der Waals surface area contributed by atoms with Gasteiger partial charge in [0, 0.05) is 27.5 Å². The van der Waals surface area contributed by atoms with Crippen LogP contribution in [0.15, 0.2) is 66.7 Å². The maximum atomic E-state index is 12.8. The summed E-state index contributed by atoms with van der Waals surface area (Å²) in [6.07, 6.45) is 0. The SMILES string of the molecule is O=C(COc1cccc2ccccc12)Nc1c2c(nn1-c1cccc(Cl)c1)CSC2. The third kappa shape index (κ3) is 3.64. The fourth-order valence-corrected chi connectivity index (χ4v) is 4.79. The molecular formula is C23H18ClN3O2S. The molecule has 1 aliphatic rings. The van der Waals surface area contributed by atoms with Crippen molar-refractivity contribution in [2.24, 2.45) is 0 Å². The molecule has 0 saturated heterocycles. The monoisotopic (exact) mass is 435 g/mol. The number of carbonyl (C=O) groups excluding carboxylic acids is 1. The lowest BCUT2D eigenvalue weighted by molar-refractivity contribution is -0.118. The van der Waals surface area contributed by atoms with Crippen molar-refractivity contribution in [3.63, 3.8) is 0 Å². The number of anilines is 1. The van der Waals surface area contributed by atoms with E-state index in [1.165, 1.54) is 0 Å². The highest BCUT2D eigenvalue weighted by molar-refractivity contribution is 7.98. The van der Waals surface area contributed by atoms with Gasteiger partial charge in [0.15, 0.2) is 6.61 Å². The van der Waals surface area contributed by atoms with Crippen LogP contribution >= 0.6 is 23.4 Å². The minimum absolute atomic E-state index is 0.0867. The first-order chi connectivity index (χ1) is 14.7. The van der Waals surface area contributed by atoms with E-state index in [1.807, 2.05) is 66.7 Å². The van der Waals surface area contributed by atoms with Crippen molar-refractivity contribution in [1.29, 1.82) is 0 Å². The van der Waals surface area contributed by atoms with Gasteiger partial charge < -0.3 is 10.1 Å². The summed E-state index contributed by atoms with van der Waals surface area (Å²) in [5.41, 5.74) is 2.86. The highest BCUT2D eigenvalue weighted by atomic mass is 35.5. The van der Waals surface area contributed by atoms with E-state index in [0.29, 0.717) is 16.6 Å². The number of aromatic nitrogens is 2. The van der Waals surface area contributed by atoms with E-state index in [-0.39, 0.29) is 12.5 Å². The Morgan fingerprint density at radius 3 is 2.83 bits per heavy atom. The highest BCUT2D eigenvalue weighted by Gasteiger charge is 2.25. The molecule has 4 aromatic rings. The van der Waals surface area contributed by atoms with Gasteiger partial charge in [-0.1, -0.05) is 54.1 Å². The van der Waals surface area contributed by atoms with Gasteiger partial charge in [0.25, 0.3) is 5.91 Å². The summed E-state index contributed by atoms with van der Waals surface area (Å²) >= 11 is 7.94. The van der Waals surface area contributed by atoms with Crippen LogP contribution in [0.5, 0.6) is 5.75 Å². The van der Waals surface area contributed by atoms with Gasteiger partial charge in [0.05, 0.1) is 11.4 Å². The molecule has 2 heterocycles. The average Bonchev–Trinajstić information content (AvgIpc) is 3.35. The van der Waals surface area contributed by atoms with Crippen LogP contribution in [-0.4, -0.2) is 22.3 Å². The molecule has 0 spiro atoms. The van der Waals surface area contributed by atoms with Crippen molar-refractivity contribution < 1.29 is 9.53 Å². The van der Waals surface area contributed by atoms with Crippen LogP contribution in [0, 0.1) is 0 Å². The number of carbonyl (C=O) groups is 1. The summed E-state index contributed by atoms with van der Waals surface area (Å²) in [4.78, 5) is 12.8. The zero-order valence-electron chi connectivity index (χ0n) is 16.0. The van der Waals surface area contributed by atoms with Gasteiger partial charge in [-0.15, -0.1) is 0 Å². The highest BCUT2D eigenvalue weighted by Crippen LogP contribution is 2.36. The number of halogens is 1. The number of thioether (sulfide) groups is 1. The maximum absolute atomic E-state index is 12.8. The number of fused-ring (bicyclic) bond motifs is 2. The van der Waals surface area contributed by atoms with Crippen LogP contribution in [0.2, 0.25) is 5.02 Å². The number of hydrogen-bond acceptors (Lipinski definition) is 4. The molecule has 0 atom stereocenters. The van der Waals surface area contributed by atoms with Crippen LogP contribution in [-0.2, 0) is 16.3 Å². The first-order valence-corrected chi connectivity index (χ1v) is 11.1. The van der Waals surface area contributed by atoms with Gasteiger partial charge in [-0.3, -0.25) is 4.79 Å². The minimum atomic E-state index is -0.231. The van der Waals surface area contributed by atoms with Gasteiger partial charge in [0.2, 0.25) is 0 Å². The largest absolute Gasteiger partial charge is 0.483 e. The Morgan fingerprint density at radius 1 is 1.10 bits per heavy atom. The lowest BCUT2D eigenvalue weighted by atomic mass is 10.1. The zero-order valence-corrected chi connectivity index (χ0v) is 17.5. The van der Waals surface area contributed by atoms with E-state index in [4.69, 9.17) is 21.4 Å². The third-order valence-corrected chi connectivity index (χ3v) is 6.18. The standard InChI is InChI=1S/C23H18ClN3O2S/c24-16-7-4-8-17(11-16)27-23(19-13-30-14-20(19)26-27)25-22(28)12-29-21-10-3-6-15-5-1-2-9-18(15)21/h1-11H,12-14H2,(H,25,28). The predicted molar refractivity (Wildman–Crippen MR) is 122 cm³/mol. The second-order valence-corrected chi connectivity index (χ2v) is 8.39. The summed E-state index contributed by atoms with van der Waals surface area (Å²) in [7, 11) is 0. The summed E-state index contributed by atoms with van der Waals surface area (Å²) < 4.78 is 7.60. The minimum Gasteiger partial charge on any atom is -0.483 e. The van der Waals surface area contributed by atoms with Gasteiger partial charge in [-0.2, -0.15) is 16.9 Å². The second kappa shape index (κ2) is 8.05. The second-order valence-electron chi connectivity index (χ2n) is 6.97. The van der Waals surface area contributed by atoms with Crippen molar-refractivity contribution in [1.82, 2.24) is 9.78 Å². The molecule has 5 rings (SSSR count). The Morgan fingerprint density at radius 2 is 1.93 bits per heavy atom. The van der Waals surface area contributed by atoms with Gasteiger partial charge >= 0.3 is 0 Å². The molecule has 0 fully saturated rings. The molecule has 0 radical (unpaired) electrons. The normalized spacial score (nSPS) is 12.7. The Hall–Kier alpha value is -2.96. The third-order valence-electron chi connectivity index (χ3n) is 4.97. The molecule has 7 heteroatoms. The van der Waals surface area contributed by atoms with Crippen LogP contribution in [0.1, 0.15) is 11.3 Å². The van der Waals surface area contributed by atoms with E-state index in [2.05, 4.69) is 5.32 Å². The quantitative estimate of drug-likeness (QED) is 0.453. The Labute approximate surface area is 183 Å². The van der Waals surface area contributed by atoms with E-state index < -0.39 is 0 Å². The van der Waals surface area contributed by atoms with E-state index in [9.17, 15) is 4.79 Å². The smallest absolute Gasteiger partial charge is 0.263 e. The lowest BCUT2D eigenvalue weighted by Gasteiger charge is -2.13. The molecule has 0 saturated carbocycles. The first-order valence-electron chi connectivity index (χ1n) is 9.54. The Balaban J connectivity index is 1.38. The van der Waals surface area contributed by atoms with Gasteiger partial charge in [-0.05, 0) is 29.7 Å². The number of rotatable bonds is 5. The van der Waals surface area contributed by atoms with Crippen molar-refractivity contribution >= 4 is 45.9 Å². The number of nitrogens with zero attached hydrogens (tertiary/aromatic N) is 2. The molecule has 0 bridgehead atoms. The summed E-state index contributed by atoms with van der Waals surface area (Å²) in [5.74, 6) is 2.79. The maximum Gasteiger partial charge on any atom is 0.263 e. The fourth-order valence-electron chi connectivity index (χ4n) is 3.57. The van der Waals surface area contributed by atoms with Gasteiger partial charge in [-0.25, -0.2) is 4.68 Å². The topological polar surface area (TPSA) is 56.1 Å². The predicted octanol–water partition coefficient (Wildman–Crippen LogP) is 5.44. The molecular weight excluding hydrogens is 418 g/mol. The van der Waals surface area contributed by atoms with Crippen LogP contribution in [0.4, 0.5) is 5.82 Å². The Bertz CT molecular complexity index is 1250. The van der Waals surface area contributed by atoms with Gasteiger partial charge in [0.1, 0.15) is 11.6 Å². The lowest BCUT2D eigenvalue weighted by Crippen LogP contribution is -2.22. The van der Waals surface area contributed by atoms with E-state index in [0.717, 1.165) is 39.2 Å². The molecule has 1 N–H and O–H groups in total. The van der Waals surface area contributed by atoms with Crippen molar-refractivity contribution in [2.75, 3.05) is 11.9 Å². The number of ether oxygens (including phenoxy) is 1. The zero-order chi connectivity index (χ0) is 20.5. The fraction of sp³-hybridized carbons (Fsp3) is 0.130. The van der Waals surface area contributed by atoms with Crippen molar-refractivity contribution in [3.8, 4) is 11.4 Å². The van der Waals surface area contributed by atoms with Crippen LogP contribution < -0.4 is 10.1 Å². The van der Waals surface area contributed by atoms with E-state index >= 15 is 0 Å². The Kier molecular flexibility index (Phi) is 5.11. The van der Waals surface area contributed by atoms with Crippen LogP contribution in [0.25, 0.3) is 16.5 Å². The number of nitrogens with one attached hydrogen (secondary N) is 1. The molecule has 1 aromatic heterocycles. The average molecular weight is 436 g/mol. The van der Waals surface area contributed by atoms with E-state index in [1.54, 1.807) is 16.4 Å². The first kappa shape index (κ1) is 19.0. The number of hydrogen-bond donors (Lipinski definition) is 1. The van der Waals surface area contributed by atoms with Crippen molar-refractivity contribution in [2.45, 2.75) is 11.5 Å². The molecule has 150 valence electrons. The number of benzene rings is 3. The molecule has 1 aliphatic heterocycles. The molecule has 1 amide bonds. The number of amides is 1. The van der Waals surface area contributed by atoms with Crippen LogP contribution in [0.3, 0.4) is 0 Å².